The zero-order valence-electron chi connectivity index (χ0n) is 22.9. The zero-order valence-corrected chi connectivity index (χ0v) is 22.9. The van der Waals surface area contributed by atoms with Gasteiger partial charge in [-0.3, -0.25) is 9.59 Å². The van der Waals surface area contributed by atoms with E-state index in [1.807, 2.05) is 0 Å². The van der Waals surface area contributed by atoms with Crippen LogP contribution in [0.25, 0.3) is 11.2 Å². The molecule has 0 radical (unpaired) electrons. The number of aryl methyl sites for hydroxylation is 1. The minimum atomic E-state index is -2.77. The van der Waals surface area contributed by atoms with Crippen LogP contribution in [0.5, 0.6) is 0 Å². The maximum Gasteiger partial charge on any atom is 0.276 e. The van der Waals surface area contributed by atoms with Crippen molar-refractivity contribution in [2.75, 3.05) is 19.8 Å². The van der Waals surface area contributed by atoms with Crippen molar-refractivity contribution in [1.29, 1.82) is 0 Å². The lowest BCUT2D eigenvalue weighted by Gasteiger charge is -2.35. The summed E-state index contributed by atoms with van der Waals surface area (Å²) < 4.78 is 65.0. The molecule has 3 aromatic rings. The average Bonchev–Trinajstić information content (AvgIpc) is 3.27. The number of alkyl halides is 4. The molecule has 2 amide bonds. The van der Waals surface area contributed by atoms with Crippen LogP contribution in [-0.2, 0) is 14.9 Å². The Morgan fingerprint density at radius 2 is 1.79 bits per heavy atom. The number of halogens is 4. The van der Waals surface area contributed by atoms with Gasteiger partial charge < -0.3 is 20.4 Å². The molecular formula is C27H31F4N7O4. The smallest absolute Gasteiger partial charge is 0.276 e. The summed E-state index contributed by atoms with van der Waals surface area (Å²) in [6.45, 7) is 2.04. The van der Waals surface area contributed by atoms with Crippen LogP contribution in [0.2, 0.25) is 0 Å². The quantitative estimate of drug-likeness (QED) is 0.335. The number of hydrogen-bond donors (Lipinski definition) is 3. The maximum atomic E-state index is 14.0. The van der Waals surface area contributed by atoms with E-state index in [9.17, 15) is 27.2 Å². The van der Waals surface area contributed by atoms with Crippen LogP contribution < -0.4 is 10.6 Å². The first kappa shape index (κ1) is 28.5. The number of nitrogens with one attached hydrogen (secondary N) is 3. The topological polar surface area (TPSA) is 148 Å². The highest BCUT2D eigenvalue weighted by Crippen LogP contribution is 2.48. The molecule has 1 saturated heterocycles. The predicted octanol–water partition coefficient (Wildman–Crippen LogP) is 3.77. The van der Waals surface area contributed by atoms with Gasteiger partial charge >= 0.3 is 0 Å². The second-order valence-electron chi connectivity index (χ2n) is 11.6. The SMILES string of the molecule is Cc1nonc1C(=O)NC(c1nc2nc(C3(C(=O)NCC4CC4(F)F)CCOCC3)ccc2[nH]1)C1CCC(F)(F)CC1. The van der Waals surface area contributed by atoms with Crippen LogP contribution >= 0.6 is 0 Å². The van der Waals surface area contributed by atoms with Crippen molar-refractivity contribution in [3.63, 3.8) is 0 Å². The fourth-order valence-electron chi connectivity index (χ4n) is 5.97. The van der Waals surface area contributed by atoms with Crippen molar-refractivity contribution < 1.29 is 36.5 Å². The number of H-pyrrole nitrogens is 1. The molecule has 0 aromatic carbocycles. The minimum absolute atomic E-state index is 0.0194. The molecule has 0 bridgehead atoms. The molecule has 2 unspecified atom stereocenters. The fourth-order valence-corrected chi connectivity index (χ4v) is 5.97. The summed E-state index contributed by atoms with van der Waals surface area (Å²) in [5.41, 5.74) is 0.397. The predicted molar refractivity (Wildman–Crippen MR) is 138 cm³/mol. The van der Waals surface area contributed by atoms with Crippen molar-refractivity contribution in [3.8, 4) is 0 Å². The molecule has 2 saturated carbocycles. The molecule has 42 heavy (non-hydrogen) atoms. The number of amides is 2. The molecule has 11 nitrogen and oxygen atoms in total. The molecule has 3 aliphatic rings. The van der Waals surface area contributed by atoms with Crippen LogP contribution in [0.4, 0.5) is 17.6 Å². The fraction of sp³-hybridized carbons (Fsp3) is 0.630. The van der Waals surface area contributed by atoms with Crippen molar-refractivity contribution in [2.24, 2.45) is 11.8 Å². The highest BCUT2D eigenvalue weighted by Gasteiger charge is 2.57. The van der Waals surface area contributed by atoms with Crippen molar-refractivity contribution in [3.05, 3.63) is 35.0 Å². The Morgan fingerprint density at radius 1 is 1.07 bits per heavy atom. The van der Waals surface area contributed by atoms with Crippen molar-refractivity contribution in [1.82, 2.24) is 35.9 Å². The number of aromatic amines is 1. The Labute approximate surface area is 237 Å². The van der Waals surface area contributed by atoms with E-state index in [-0.39, 0.29) is 67.5 Å². The van der Waals surface area contributed by atoms with Gasteiger partial charge in [0, 0.05) is 44.9 Å². The molecular weight excluding hydrogens is 562 g/mol. The molecule has 3 aromatic heterocycles. The summed E-state index contributed by atoms with van der Waals surface area (Å²) in [6.07, 6.45) is 0.0751. The Kier molecular flexibility index (Phi) is 7.18. The van der Waals surface area contributed by atoms with Gasteiger partial charge in [0.2, 0.25) is 11.8 Å². The van der Waals surface area contributed by atoms with E-state index < -0.39 is 35.1 Å². The Bertz CT molecular complexity index is 1480. The number of rotatable bonds is 8. The maximum absolute atomic E-state index is 14.0. The van der Waals surface area contributed by atoms with Gasteiger partial charge in [-0.05, 0) is 55.8 Å². The molecule has 3 fully saturated rings. The van der Waals surface area contributed by atoms with Gasteiger partial charge in [0.15, 0.2) is 11.3 Å². The van der Waals surface area contributed by atoms with E-state index in [4.69, 9.17) is 9.72 Å². The second kappa shape index (κ2) is 10.6. The van der Waals surface area contributed by atoms with E-state index in [0.717, 1.165) is 0 Å². The molecule has 0 spiro atoms. The summed E-state index contributed by atoms with van der Waals surface area (Å²) in [7, 11) is 0. The summed E-state index contributed by atoms with van der Waals surface area (Å²) in [5.74, 6) is -7.37. The molecule has 15 heteroatoms. The zero-order chi connectivity index (χ0) is 29.7. The lowest BCUT2D eigenvalue weighted by atomic mass is 9.76. The Balaban J connectivity index is 1.29. The highest BCUT2D eigenvalue weighted by molar-refractivity contribution is 5.93. The Hall–Kier alpha value is -3.62. The highest BCUT2D eigenvalue weighted by atomic mass is 19.3. The minimum Gasteiger partial charge on any atom is -0.381 e. The molecule has 3 N–H and O–H groups in total. The van der Waals surface area contributed by atoms with Gasteiger partial charge in [0.1, 0.15) is 11.5 Å². The number of hydrogen-bond acceptors (Lipinski definition) is 8. The van der Waals surface area contributed by atoms with E-state index in [1.54, 1.807) is 19.1 Å². The number of carbonyl (C=O) groups excluding carboxylic acids is 2. The number of carbonyl (C=O) groups is 2. The Morgan fingerprint density at radius 3 is 2.43 bits per heavy atom. The number of imidazole rings is 1. The number of aromatic nitrogens is 5. The van der Waals surface area contributed by atoms with E-state index in [1.165, 1.54) is 0 Å². The average molecular weight is 594 g/mol. The van der Waals surface area contributed by atoms with E-state index in [2.05, 4.69) is 35.5 Å². The normalized spacial score (nSPS) is 23.8. The third-order valence-corrected chi connectivity index (χ3v) is 8.78. The van der Waals surface area contributed by atoms with Crippen LogP contribution in [0.15, 0.2) is 16.8 Å². The van der Waals surface area contributed by atoms with Gasteiger partial charge in [0.25, 0.3) is 11.8 Å². The number of fused-ring (bicyclic) bond motifs is 1. The van der Waals surface area contributed by atoms with Gasteiger partial charge in [-0.25, -0.2) is 32.2 Å². The third-order valence-electron chi connectivity index (χ3n) is 8.78. The largest absolute Gasteiger partial charge is 0.381 e. The first-order valence-electron chi connectivity index (χ1n) is 14.1. The number of ether oxygens (including phenoxy) is 1. The van der Waals surface area contributed by atoms with Crippen LogP contribution in [0, 0.1) is 18.8 Å². The summed E-state index contributed by atoms with van der Waals surface area (Å²) in [6, 6.07) is 2.65. The second-order valence-corrected chi connectivity index (χ2v) is 11.6. The van der Waals surface area contributed by atoms with Gasteiger partial charge in [-0.1, -0.05) is 5.16 Å². The summed E-state index contributed by atoms with van der Waals surface area (Å²) in [4.78, 5) is 39.0. The van der Waals surface area contributed by atoms with E-state index in [0.29, 0.717) is 43.1 Å². The van der Waals surface area contributed by atoms with Crippen molar-refractivity contribution in [2.45, 2.75) is 75.2 Å². The lowest BCUT2D eigenvalue weighted by molar-refractivity contribution is -0.130. The standard InChI is InChI=1S/C27H31F4N7O4/c1-14-19(38-42-37-14)23(39)35-20(15-4-6-26(28,29)7-5-15)22-33-17-2-3-18(34-21(17)36-22)25(8-10-41-11-9-25)24(40)32-13-16-12-27(16,30)31/h2-3,15-16,20H,4-13H2,1H3,(H,32,40)(H,35,39)(H,33,34,36). The van der Waals surface area contributed by atoms with Gasteiger partial charge in [-0.15, -0.1) is 0 Å². The van der Waals surface area contributed by atoms with Crippen LogP contribution in [0.1, 0.15) is 78.7 Å². The molecule has 226 valence electrons. The number of nitrogens with zero attached hydrogens (tertiary/aromatic N) is 4. The van der Waals surface area contributed by atoms with E-state index >= 15 is 0 Å². The first-order chi connectivity index (χ1) is 20.0. The molecule has 6 rings (SSSR count). The lowest BCUT2D eigenvalue weighted by Crippen LogP contribution is -2.49. The number of pyridine rings is 1. The third kappa shape index (κ3) is 5.45. The summed E-state index contributed by atoms with van der Waals surface area (Å²) >= 11 is 0. The molecule has 2 atom stereocenters. The van der Waals surface area contributed by atoms with Crippen LogP contribution in [-0.4, -0.2) is 68.7 Å². The first-order valence-corrected chi connectivity index (χ1v) is 14.1. The van der Waals surface area contributed by atoms with Crippen molar-refractivity contribution >= 4 is 23.0 Å². The van der Waals surface area contributed by atoms with Crippen LogP contribution in [0.3, 0.4) is 0 Å². The summed E-state index contributed by atoms with van der Waals surface area (Å²) in [5, 5.41) is 12.8. The van der Waals surface area contributed by atoms with Gasteiger partial charge in [0.05, 0.1) is 22.7 Å². The molecule has 4 heterocycles. The monoisotopic (exact) mass is 593 g/mol. The molecule has 2 aliphatic carbocycles. The van der Waals surface area contributed by atoms with Gasteiger partial charge in [-0.2, -0.15) is 0 Å². The molecule has 1 aliphatic heterocycles.